The topological polar surface area (TPSA) is 40.2 Å². The fourth-order valence-electron chi connectivity index (χ4n) is 1.29. The van der Waals surface area contributed by atoms with Crippen LogP contribution >= 0.6 is 0 Å². The fraction of sp³-hybridized carbons (Fsp3) is 0.100. The molecule has 2 rings (SSSR count). The molecule has 2 N–H and O–H groups in total. The van der Waals surface area contributed by atoms with Gasteiger partial charge in [-0.05, 0) is 29.1 Å². The summed E-state index contributed by atoms with van der Waals surface area (Å²) in [6.07, 6.45) is 3.73. The number of hydrazone groups is 1. The second-order valence-electron chi connectivity index (χ2n) is 2.81. The first-order valence-corrected chi connectivity index (χ1v) is 4.17. The summed E-state index contributed by atoms with van der Waals surface area (Å²) in [4.78, 5) is 3.14. The summed E-state index contributed by atoms with van der Waals surface area (Å²) < 4.78 is 0. The molecule has 0 saturated carbocycles. The Morgan fingerprint density at radius 2 is 2.31 bits per heavy atom. The van der Waals surface area contributed by atoms with Gasteiger partial charge in [-0.25, -0.2) is 0 Å². The minimum absolute atomic E-state index is 1.10. The number of aromatic nitrogens is 1. The van der Waals surface area contributed by atoms with Gasteiger partial charge in [-0.15, -0.1) is 0 Å². The van der Waals surface area contributed by atoms with Crippen molar-refractivity contribution in [2.24, 2.45) is 5.10 Å². The number of benzene rings is 1. The monoisotopic (exact) mass is 173 g/mol. The number of hydrogen-bond donors (Lipinski definition) is 2. The molecule has 2 aromatic rings. The second-order valence-corrected chi connectivity index (χ2v) is 2.81. The summed E-state index contributed by atoms with van der Waals surface area (Å²) in [6.45, 7) is 0. The van der Waals surface area contributed by atoms with E-state index in [0.717, 1.165) is 11.1 Å². The predicted molar refractivity (Wildman–Crippen MR) is 55.0 cm³/mol. The molecule has 3 nitrogen and oxygen atoms in total. The Balaban J connectivity index is 2.42. The molecule has 0 atom stereocenters. The highest BCUT2D eigenvalue weighted by Gasteiger charge is 1.93. The van der Waals surface area contributed by atoms with Crippen molar-refractivity contribution in [2.45, 2.75) is 0 Å². The van der Waals surface area contributed by atoms with E-state index >= 15 is 0 Å². The maximum atomic E-state index is 3.95. The summed E-state index contributed by atoms with van der Waals surface area (Å²) in [5, 5.41) is 5.16. The van der Waals surface area contributed by atoms with Crippen LogP contribution in [0.2, 0.25) is 0 Å². The molecule has 0 aliphatic carbocycles. The molecule has 0 bridgehead atoms. The largest absolute Gasteiger partial charge is 0.361 e. The highest BCUT2D eigenvalue weighted by molar-refractivity contribution is 5.88. The Kier molecular flexibility index (Phi) is 2.00. The van der Waals surface area contributed by atoms with Gasteiger partial charge in [0.25, 0.3) is 0 Å². The van der Waals surface area contributed by atoms with Crippen molar-refractivity contribution < 1.29 is 0 Å². The first kappa shape index (κ1) is 7.86. The van der Waals surface area contributed by atoms with Crippen LogP contribution in [0.3, 0.4) is 0 Å². The number of nitrogens with zero attached hydrogens (tertiary/aromatic N) is 1. The normalized spacial score (nSPS) is 11.2. The smallest absolute Gasteiger partial charge is 0.0540 e. The average molecular weight is 173 g/mol. The minimum atomic E-state index is 1.10. The van der Waals surface area contributed by atoms with Crippen LogP contribution in [-0.2, 0) is 0 Å². The summed E-state index contributed by atoms with van der Waals surface area (Å²) in [5.41, 5.74) is 4.97. The third kappa shape index (κ3) is 1.54. The van der Waals surface area contributed by atoms with Gasteiger partial charge in [0.1, 0.15) is 0 Å². The molecule has 0 radical (unpaired) electrons. The molecule has 0 spiro atoms. The summed E-state index contributed by atoms with van der Waals surface area (Å²) in [5.74, 6) is 0. The highest BCUT2D eigenvalue weighted by Crippen LogP contribution is 2.12. The second kappa shape index (κ2) is 3.31. The third-order valence-electron chi connectivity index (χ3n) is 1.92. The van der Waals surface area contributed by atoms with Gasteiger partial charge < -0.3 is 10.4 Å². The van der Waals surface area contributed by atoms with Gasteiger partial charge in [-0.3, -0.25) is 0 Å². The molecule has 66 valence electrons. The summed E-state index contributed by atoms with van der Waals surface area (Å²) in [7, 11) is 1.78. The van der Waals surface area contributed by atoms with E-state index < -0.39 is 0 Å². The minimum Gasteiger partial charge on any atom is -0.361 e. The van der Waals surface area contributed by atoms with E-state index in [1.807, 2.05) is 24.4 Å². The van der Waals surface area contributed by atoms with Crippen molar-refractivity contribution in [3.8, 4) is 0 Å². The Labute approximate surface area is 76.5 Å². The van der Waals surface area contributed by atoms with Crippen molar-refractivity contribution in [1.82, 2.24) is 10.4 Å². The van der Waals surface area contributed by atoms with Crippen LogP contribution in [-0.4, -0.2) is 18.2 Å². The van der Waals surface area contributed by atoms with Crippen molar-refractivity contribution in [3.63, 3.8) is 0 Å². The summed E-state index contributed by atoms with van der Waals surface area (Å²) >= 11 is 0. The zero-order chi connectivity index (χ0) is 9.10. The molecule has 1 aromatic heterocycles. The fourth-order valence-corrected chi connectivity index (χ4v) is 1.29. The van der Waals surface area contributed by atoms with E-state index in [1.165, 1.54) is 5.39 Å². The van der Waals surface area contributed by atoms with Gasteiger partial charge >= 0.3 is 0 Å². The van der Waals surface area contributed by atoms with Gasteiger partial charge in [0.05, 0.1) is 6.21 Å². The van der Waals surface area contributed by atoms with Crippen LogP contribution in [0.1, 0.15) is 5.56 Å². The quantitative estimate of drug-likeness (QED) is 0.527. The summed E-state index contributed by atoms with van der Waals surface area (Å²) in [6, 6.07) is 8.21. The molecular weight excluding hydrogens is 162 g/mol. The third-order valence-corrected chi connectivity index (χ3v) is 1.92. The van der Waals surface area contributed by atoms with Gasteiger partial charge in [0.15, 0.2) is 0 Å². The van der Waals surface area contributed by atoms with Crippen LogP contribution in [0, 0.1) is 0 Å². The van der Waals surface area contributed by atoms with Crippen LogP contribution in [0.15, 0.2) is 35.6 Å². The lowest BCUT2D eigenvalue weighted by atomic mass is 10.2. The number of H-pyrrole nitrogens is 1. The molecule has 0 unspecified atom stereocenters. The first-order chi connectivity index (χ1) is 6.40. The van der Waals surface area contributed by atoms with Crippen molar-refractivity contribution in [3.05, 3.63) is 36.0 Å². The maximum absolute atomic E-state index is 3.95. The highest BCUT2D eigenvalue weighted by atomic mass is 15.3. The van der Waals surface area contributed by atoms with Crippen LogP contribution in [0.25, 0.3) is 10.9 Å². The number of rotatable bonds is 2. The van der Waals surface area contributed by atoms with E-state index in [0.29, 0.717) is 0 Å². The van der Waals surface area contributed by atoms with Crippen LogP contribution < -0.4 is 5.43 Å². The molecule has 0 fully saturated rings. The number of hydrogen-bond acceptors (Lipinski definition) is 2. The Bertz CT molecular complexity index is 428. The molecule has 0 aliphatic rings. The van der Waals surface area contributed by atoms with Crippen molar-refractivity contribution in [2.75, 3.05) is 7.05 Å². The zero-order valence-corrected chi connectivity index (χ0v) is 7.41. The predicted octanol–water partition coefficient (Wildman–Crippen LogP) is 1.72. The van der Waals surface area contributed by atoms with Crippen LogP contribution in [0.4, 0.5) is 0 Å². The number of aromatic amines is 1. The molecular formula is C10H11N3. The molecule has 0 saturated heterocycles. The van der Waals surface area contributed by atoms with E-state index in [9.17, 15) is 0 Å². The van der Waals surface area contributed by atoms with Gasteiger partial charge in [0.2, 0.25) is 0 Å². The van der Waals surface area contributed by atoms with Gasteiger partial charge in [-0.1, -0.05) is 6.07 Å². The standard InChI is InChI=1S/C10H11N3/c1-11-13-7-8-2-3-10-9(6-8)4-5-12-10/h2-7,11-12H,1H3/b13-7+. The molecule has 1 heterocycles. The van der Waals surface area contributed by atoms with E-state index in [2.05, 4.69) is 21.6 Å². The van der Waals surface area contributed by atoms with E-state index in [-0.39, 0.29) is 0 Å². The van der Waals surface area contributed by atoms with Gasteiger partial charge in [0, 0.05) is 18.8 Å². The molecule has 0 amide bonds. The number of fused-ring (bicyclic) bond motifs is 1. The molecule has 3 heteroatoms. The van der Waals surface area contributed by atoms with Crippen LogP contribution in [0.5, 0.6) is 0 Å². The first-order valence-electron chi connectivity index (χ1n) is 4.17. The lowest BCUT2D eigenvalue weighted by molar-refractivity contribution is 0.908. The molecule has 13 heavy (non-hydrogen) atoms. The van der Waals surface area contributed by atoms with E-state index in [1.54, 1.807) is 13.3 Å². The van der Waals surface area contributed by atoms with Gasteiger partial charge in [-0.2, -0.15) is 5.10 Å². The number of nitrogens with one attached hydrogen (secondary N) is 2. The molecule has 1 aromatic carbocycles. The zero-order valence-electron chi connectivity index (χ0n) is 7.41. The van der Waals surface area contributed by atoms with E-state index in [4.69, 9.17) is 0 Å². The lowest BCUT2D eigenvalue weighted by Gasteiger charge is -1.93. The SMILES string of the molecule is CN/N=C/c1ccc2[nH]ccc2c1. The maximum Gasteiger partial charge on any atom is 0.0540 e. The Morgan fingerprint density at radius 1 is 1.38 bits per heavy atom. The average Bonchev–Trinajstić information content (AvgIpc) is 2.61. The molecule has 0 aliphatic heterocycles. The lowest BCUT2D eigenvalue weighted by Crippen LogP contribution is -1.94. The Hall–Kier alpha value is -1.77. The Morgan fingerprint density at radius 3 is 3.15 bits per heavy atom. The van der Waals surface area contributed by atoms with Crippen molar-refractivity contribution in [1.29, 1.82) is 0 Å². The van der Waals surface area contributed by atoms with Crippen molar-refractivity contribution >= 4 is 17.1 Å².